The molecule has 69 heavy (non-hydrogen) atoms. The second kappa shape index (κ2) is 17.0. The van der Waals surface area contributed by atoms with Crippen molar-refractivity contribution in [2.24, 2.45) is 0 Å². The summed E-state index contributed by atoms with van der Waals surface area (Å²) in [6, 6.07) is 89.3. The van der Waals surface area contributed by atoms with Gasteiger partial charge in [-0.05, 0) is 111 Å². The van der Waals surface area contributed by atoms with Gasteiger partial charge in [0.2, 0.25) is 0 Å². The highest BCUT2D eigenvalue weighted by Gasteiger charge is 2.42. The zero-order valence-electron chi connectivity index (χ0n) is 39.0. The molecule has 3 heterocycles. The summed E-state index contributed by atoms with van der Waals surface area (Å²) in [6.07, 6.45) is 4.27. The highest BCUT2D eigenvalue weighted by Crippen LogP contribution is 2.41. The number of imidazole rings is 1. The van der Waals surface area contributed by atoms with E-state index in [1.807, 2.05) is 6.20 Å². The van der Waals surface area contributed by atoms with Crippen LogP contribution in [0.15, 0.2) is 255 Å². The molecule has 0 aliphatic carbocycles. The van der Waals surface area contributed by atoms with Gasteiger partial charge < -0.3 is 0 Å². The van der Waals surface area contributed by atoms with E-state index in [4.69, 9.17) is 4.98 Å². The predicted molar refractivity (Wildman–Crippen MR) is 293 cm³/mol. The van der Waals surface area contributed by atoms with E-state index in [1.165, 1.54) is 70.4 Å². The van der Waals surface area contributed by atoms with Crippen LogP contribution in [0.1, 0.15) is 20.8 Å². The zero-order chi connectivity index (χ0) is 46.5. The summed E-state index contributed by atoms with van der Waals surface area (Å²) >= 11 is 0. The standard InChI is InChI=1S/C64H51N4Si/c1-64(2,3)67-45-66(59-36-18-19-37-60(59)67)49-26-20-31-52(43-49)69(50-27-12-6-13-28-50,51-29-14-7-15-30-51)53-38-39-57-56-32-16-17-35-58(56)68(61(57)44-53)62-42-48(40-41-65-62)63-54(46-22-8-4-9-23-46)33-21-34-55(63)47-24-10-5-11-25-47/h4-45H,1-3H3/q+1. The van der Waals surface area contributed by atoms with E-state index in [0.29, 0.717) is 0 Å². The molecule has 330 valence electrons. The Morgan fingerprint density at radius 1 is 0.406 bits per heavy atom. The molecule has 0 fully saturated rings. The number of aromatic nitrogens is 4. The fourth-order valence-corrected chi connectivity index (χ4v) is 15.6. The molecule has 0 atom stereocenters. The van der Waals surface area contributed by atoms with Gasteiger partial charge in [0.15, 0.2) is 25.4 Å². The molecule has 0 saturated heterocycles. The maximum Gasteiger partial charge on any atom is 0.191 e. The first-order valence-corrected chi connectivity index (χ1v) is 25.9. The van der Waals surface area contributed by atoms with Crippen LogP contribution in [0.25, 0.3) is 77.7 Å². The van der Waals surface area contributed by atoms with Crippen molar-refractivity contribution in [3.8, 4) is 44.9 Å². The first-order valence-electron chi connectivity index (χ1n) is 23.9. The summed E-state index contributed by atoms with van der Waals surface area (Å²) < 4.78 is 7.17. The van der Waals surface area contributed by atoms with Gasteiger partial charge in [0.05, 0.1) is 16.6 Å². The molecule has 0 N–H and O–H groups in total. The highest BCUT2D eigenvalue weighted by molar-refractivity contribution is 7.20. The van der Waals surface area contributed by atoms with Crippen LogP contribution >= 0.6 is 0 Å². The molecular formula is C64H51N4Si+. The zero-order valence-corrected chi connectivity index (χ0v) is 40.0. The monoisotopic (exact) mass is 903 g/mol. The van der Waals surface area contributed by atoms with Crippen molar-refractivity contribution in [1.29, 1.82) is 0 Å². The van der Waals surface area contributed by atoms with Gasteiger partial charge in [0.25, 0.3) is 0 Å². The molecule has 4 nitrogen and oxygen atoms in total. The minimum atomic E-state index is -3.06. The number of rotatable bonds is 9. The molecule has 12 rings (SSSR count). The SMILES string of the molecule is CC(C)(C)n1[cH+]n(-c2cccc([Si](c3ccccc3)(c3ccccc3)c3ccc4c5ccccc5n(-c5cc(-c6c(-c7ccccc7)cccc6-c6ccccc6)ccn5)c4c3)c2)c2ccccc21. The molecule has 3 aromatic heterocycles. The number of pyridine rings is 1. The smallest absolute Gasteiger partial charge is 0.191 e. The van der Waals surface area contributed by atoms with Crippen molar-refractivity contribution in [3.05, 3.63) is 255 Å². The molecule has 0 radical (unpaired) electrons. The highest BCUT2D eigenvalue weighted by atomic mass is 28.3. The minimum Gasteiger partial charge on any atom is -0.294 e. The van der Waals surface area contributed by atoms with E-state index in [-0.39, 0.29) is 5.54 Å². The van der Waals surface area contributed by atoms with Crippen LogP contribution in [0.2, 0.25) is 0 Å². The summed E-state index contributed by atoms with van der Waals surface area (Å²) in [5.74, 6) is 0.873. The number of nitrogens with zero attached hydrogens (tertiary/aromatic N) is 4. The van der Waals surface area contributed by atoms with E-state index in [2.05, 4.69) is 283 Å². The second-order valence-corrected chi connectivity index (χ2v) is 22.8. The molecule has 9 aromatic carbocycles. The van der Waals surface area contributed by atoms with Crippen LogP contribution in [-0.4, -0.2) is 26.8 Å². The van der Waals surface area contributed by atoms with Crippen LogP contribution in [0.5, 0.6) is 0 Å². The lowest BCUT2D eigenvalue weighted by atomic mass is 9.88. The van der Waals surface area contributed by atoms with Gasteiger partial charge in [0, 0.05) is 41.2 Å². The maximum atomic E-state index is 5.24. The first-order chi connectivity index (χ1) is 33.9. The molecule has 0 amide bonds. The third-order valence-corrected chi connectivity index (χ3v) is 18.7. The number of para-hydroxylation sites is 3. The molecule has 0 bridgehead atoms. The predicted octanol–water partition coefficient (Wildman–Crippen LogP) is 13.3. The third-order valence-electron chi connectivity index (χ3n) is 13.9. The van der Waals surface area contributed by atoms with Crippen molar-refractivity contribution < 1.29 is 0 Å². The summed E-state index contributed by atoms with van der Waals surface area (Å²) in [6.45, 7) is 6.82. The lowest BCUT2D eigenvalue weighted by molar-refractivity contribution is 0.406. The average molecular weight is 904 g/mol. The summed E-state index contributed by atoms with van der Waals surface area (Å²) in [5.41, 5.74) is 12.7. The summed E-state index contributed by atoms with van der Waals surface area (Å²) in [7, 11) is -3.06. The van der Waals surface area contributed by atoms with Gasteiger partial charge in [-0.3, -0.25) is 4.57 Å². The van der Waals surface area contributed by atoms with E-state index < -0.39 is 8.07 Å². The normalized spacial score (nSPS) is 12.0. The lowest BCUT2D eigenvalue weighted by Crippen LogP contribution is -2.74. The third kappa shape index (κ3) is 7.13. The first kappa shape index (κ1) is 42.0. The Morgan fingerprint density at radius 3 is 1.57 bits per heavy atom. The van der Waals surface area contributed by atoms with Crippen LogP contribution in [0.3, 0.4) is 0 Å². The van der Waals surface area contributed by atoms with Gasteiger partial charge >= 0.3 is 0 Å². The molecule has 0 unspecified atom stereocenters. The number of benzene rings is 9. The van der Waals surface area contributed by atoms with Gasteiger partial charge in [-0.25, -0.2) is 9.55 Å². The van der Waals surface area contributed by atoms with E-state index in [9.17, 15) is 0 Å². The fraction of sp³-hybridized carbons (Fsp3) is 0.0625. The Kier molecular flexibility index (Phi) is 10.4. The minimum absolute atomic E-state index is 0.104. The quantitative estimate of drug-likeness (QED) is 0.0806. The topological polar surface area (TPSA) is 27.7 Å². The Labute approximate surface area is 404 Å². The molecular weight excluding hydrogens is 853 g/mol. The summed E-state index contributed by atoms with van der Waals surface area (Å²) in [5, 5.41) is 7.64. The van der Waals surface area contributed by atoms with Gasteiger partial charge in [-0.2, -0.15) is 4.57 Å². The Balaban J connectivity index is 1.12. The van der Waals surface area contributed by atoms with Gasteiger partial charge in [-0.1, -0.05) is 182 Å². The van der Waals surface area contributed by atoms with Crippen LogP contribution in [0.4, 0.5) is 0 Å². The van der Waals surface area contributed by atoms with Crippen molar-refractivity contribution in [2.45, 2.75) is 26.3 Å². The maximum absolute atomic E-state index is 5.24. The van der Waals surface area contributed by atoms with Crippen molar-refractivity contribution in [2.75, 3.05) is 0 Å². The molecule has 0 spiro atoms. The van der Waals surface area contributed by atoms with E-state index in [1.54, 1.807) is 0 Å². The van der Waals surface area contributed by atoms with Crippen LogP contribution in [0, 0.1) is 0 Å². The lowest BCUT2D eigenvalue weighted by Gasteiger charge is -2.34. The van der Waals surface area contributed by atoms with Crippen LogP contribution in [-0.2, 0) is 5.54 Å². The van der Waals surface area contributed by atoms with Crippen molar-refractivity contribution in [3.63, 3.8) is 0 Å². The Morgan fingerprint density at radius 2 is 0.928 bits per heavy atom. The second-order valence-electron chi connectivity index (χ2n) is 19.0. The van der Waals surface area contributed by atoms with E-state index >= 15 is 0 Å². The Bertz CT molecular complexity index is 3710. The molecule has 12 aromatic rings. The Hall–Kier alpha value is -8.38. The molecule has 0 saturated carbocycles. The van der Waals surface area contributed by atoms with Crippen molar-refractivity contribution >= 4 is 61.7 Å². The number of hydrogen-bond donors (Lipinski definition) is 0. The largest absolute Gasteiger partial charge is 0.294 e. The summed E-state index contributed by atoms with van der Waals surface area (Å²) in [4.78, 5) is 5.24. The fourth-order valence-electron chi connectivity index (χ4n) is 10.8. The molecule has 5 heteroatoms. The van der Waals surface area contributed by atoms with E-state index in [0.717, 1.165) is 28.1 Å². The van der Waals surface area contributed by atoms with Gasteiger partial charge in [-0.15, -0.1) is 0 Å². The molecule has 0 aliphatic rings. The average Bonchev–Trinajstić information content (AvgIpc) is 3.97. The number of fused-ring (bicyclic) bond motifs is 4. The number of hydrogen-bond acceptors (Lipinski definition) is 1. The molecule has 0 aliphatic heterocycles. The van der Waals surface area contributed by atoms with Gasteiger partial charge in [0.1, 0.15) is 11.5 Å². The van der Waals surface area contributed by atoms with Crippen LogP contribution < -0.4 is 20.7 Å². The van der Waals surface area contributed by atoms with Crippen molar-refractivity contribution in [1.82, 2.24) is 18.7 Å².